The van der Waals surface area contributed by atoms with E-state index in [4.69, 9.17) is 5.26 Å². The highest BCUT2D eigenvalue weighted by Gasteiger charge is 2.04. The van der Waals surface area contributed by atoms with Crippen LogP contribution in [0.15, 0.2) is 11.2 Å². The van der Waals surface area contributed by atoms with Crippen LogP contribution in [-0.2, 0) is 7.05 Å². The zero-order chi connectivity index (χ0) is 8.27. The van der Waals surface area contributed by atoms with E-state index in [-0.39, 0.29) is 0 Å². The smallest absolute Gasteiger partial charge is 0.178 e. The monoisotopic (exact) mass is 164 g/mol. The molecule has 0 aliphatic carbocycles. The summed E-state index contributed by atoms with van der Waals surface area (Å²) in [4.78, 5) is 3.68. The second-order valence-corrected chi connectivity index (χ2v) is 2.00. The normalized spacial score (nSPS) is 8.36. The van der Waals surface area contributed by atoms with E-state index < -0.39 is 0 Å². The van der Waals surface area contributed by atoms with Crippen molar-refractivity contribution >= 4 is 23.2 Å². The van der Waals surface area contributed by atoms with Crippen LogP contribution in [0.4, 0.5) is 5.82 Å². The predicted molar refractivity (Wildman–Crippen MR) is 42.6 cm³/mol. The van der Waals surface area contributed by atoms with Crippen molar-refractivity contribution in [3.63, 3.8) is 0 Å². The second kappa shape index (κ2) is 3.06. The SMILES string of the molecule is Cn1ncc(C#N)c1N=C=S. The van der Waals surface area contributed by atoms with Gasteiger partial charge in [0.15, 0.2) is 5.82 Å². The molecule has 1 aromatic rings. The first kappa shape index (κ1) is 7.61. The first-order chi connectivity index (χ1) is 5.29. The van der Waals surface area contributed by atoms with E-state index in [0.29, 0.717) is 11.4 Å². The molecule has 0 unspecified atom stereocenters. The molecule has 0 atom stereocenters. The Bertz CT molecular complexity index is 353. The quantitative estimate of drug-likeness (QED) is 0.460. The molecule has 4 nitrogen and oxygen atoms in total. The maximum absolute atomic E-state index is 8.53. The Kier molecular flexibility index (Phi) is 2.12. The minimum Gasteiger partial charge on any atom is -0.249 e. The summed E-state index contributed by atoms with van der Waals surface area (Å²) in [5, 5.41) is 14.5. The third kappa shape index (κ3) is 1.32. The number of isothiocyanates is 1. The molecule has 0 bridgehead atoms. The number of hydrogen-bond donors (Lipinski definition) is 0. The number of aliphatic imine (C=N–C) groups is 1. The molecule has 0 fully saturated rings. The molecule has 0 saturated carbocycles. The van der Waals surface area contributed by atoms with Crippen molar-refractivity contribution in [1.82, 2.24) is 9.78 Å². The van der Waals surface area contributed by atoms with Gasteiger partial charge in [-0.2, -0.15) is 15.4 Å². The Balaban J connectivity index is 3.31. The van der Waals surface area contributed by atoms with Gasteiger partial charge in [-0.05, 0) is 12.2 Å². The summed E-state index contributed by atoms with van der Waals surface area (Å²) in [6.07, 6.45) is 1.44. The number of aryl methyl sites for hydroxylation is 1. The fourth-order valence-corrected chi connectivity index (χ4v) is 0.772. The van der Waals surface area contributed by atoms with E-state index >= 15 is 0 Å². The highest BCUT2D eigenvalue weighted by molar-refractivity contribution is 7.78. The molecule has 0 radical (unpaired) electrons. The van der Waals surface area contributed by atoms with Crippen LogP contribution < -0.4 is 0 Å². The Labute approximate surface area is 68.8 Å². The summed E-state index contributed by atoms with van der Waals surface area (Å²) in [6, 6.07) is 1.94. The Morgan fingerprint density at radius 1 is 1.82 bits per heavy atom. The minimum absolute atomic E-state index is 0.407. The maximum atomic E-state index is 8.53. The van der Waals surface area contributed by atoms with E-state index in [2.05, 4.69) is 27.5 Å². The van der Waals surface area contributed by atoms with E-state index in [9.17, 15) is 0 Å². The van der Waals surface area contributed by atoms with Gasteiger partial charge in [-0.1, -0.05) is 0 Å². The van der Waals surface area contributed by atoms with Crippen molar-refractivity contribution in [2.75, 3.05) is 0 Å². The van der Waals surface area contributed by atoms with Crippen molar-refractivity contribution < 1.29 is 0 Å². The van der Waals surface area contributed by atoms with Crippen molar-refractivity contribution in [3.05, 3.63) is 11.8 Å². The highest BCUT2D eigenvalue weighted by Crippen LogP contribution is 2.14. The van der Waals surface area contributed by atoms with Gasteiger partial charge in [0.1, 0.15) is 11.6 Å². The number of thiocarbonyl (C=S) groups is 1. The summed E-state index contributed by atoms with van der Waals surface area (Å²) >= 11 is 4.40. The second-order valence-electron chi connectivity index (χ2n) is 1.82. The lowest BCUT2D eigenvalue weighted by Crippen LogP contribution is -1.87. The first-order valence-electron chi connectivity index (χ1n) is 2.79. The van der Waals surface area contributed by atoms with Crippen molar-refractivity contribution in [1.29, 1.82) is 5.26 Å². The van der Waals surface area contributed by atoms with Crippen LogP contribution in [0.2, 0.25) is 0 Å². The molecule has 11 heavy (non-hydrogen) atoms. The third-order valence-electron chi connectivity index (χ3n) is 1.18. The zero-order valence-electron chi connectivity index (χ0n) is 5.77. The molecule has 0 spiro atoms. The molecular formula is C6H4N4S. The number of nitriles is 1. The van der Waals surface area contributed by atoms with Gasteiger partial charge in [-0.3, -0.25) is 0 Å². The van der Waals surface area contributed by atoms with Gasteiger partial charge in [0.25, 0.3) is 0 Å². The molecule has 0 aliphatic rings. The fourth-order valence-electron chi connectivity index (χ4n) is 0.686. The molecule has 5 heteroatoms. The molecule has 0 N–H and O–H groups in total. The van der Waals surface area contributed by atoms with Crippen LogP contribution in [0, 0.1) is 11.3 Å². The van der Waals surface area contributed by atoms with E-state index in [1.807, 2.05) is 6.07 Å². The van der Waals surface area contributed by atoms with Gasteiger partial charge in [0.2, 0.25) is 0 Å². The average molecular weight is 164 g/mol. The van der Waals surface area contributed by atoms with Crippen LogP contribution in [0.1, 0.15) is 5.56 Å². The van der Waals surface area contributed by atoms with Gasteiger partial charge in [0.05, 0.1) is 11.4 Å². The summed E-state index contributed by atoms with van der Waals surface area (Å²) in [7, 11) is 1.69. The van der Waals surface area contributed by atoms with E-state index in [1.165, 1.54) is 10.9 Å². The van der Waals surface area contributed by atoms with Crippen LogP contribution in [0.5, 0.6) is 0 Å². The van der Waals surface area contributed by atoms with E-state index in [0.717, 1.165) is 0 Å². The first-order valence-corrected chi connectivity index (χ1v) is 3.20. The van der Waals surface area contributed by atoms with Gasteiger partial charge < -0.3 is 0 Å². The number of rotatable bonds is 1. The maximum Gasteiger partial charge on any atom is 0.178 e. The zero-order valence-corrected chi connectivity index (χ0v) is 6.59. The number of aromatic nitrogens is 2. The van der Waals surface area contributed by atoms with Crippen molar-refractivity contribution in [2.24, 2.45) is 12.0 Å². The van der Waals surface area contributed by atoms with Crippen LogP contribution >= 0.6 is 12.2 Å². The Hall–Kier alpha value is -1.50. The molecule has 1 heterocycles. The van der Waals surface area contributed by atoms with E-state index in [1.54, 1.807) is 7.05 Å². The van der Waals surface area contributed by atoms with Crippen LogP contribution in [0.25, 0.3) is 0 Å². The lowest BCUT2D eigenvalue weighted by atomic mass is 10.4. The summed E-state index contributed by atoms with van der Waals surface area (Å²) in [5.74, 6) is 0.447. The Morgan fingerprint density at radius 2 is 2.55 bits per heavy atom. The van der Waals surface area contributed by atoms with Crippen LogP contribution in [-0.4, -0.2) is 14.9 Å². The molecule has 0 saturated heterocycles. The van der Waals surface area contributed by atoms with Crippen molar-refractivity contribution in [3.8, 4) is 6.07 Å². The molecule has 0 aliphatic heterocycles. The molecule has 0 amide bonds. The molecule has 1 rings (SSSR count). The third-order valence-corrected chi connectivity index (χ3v) is 1.27. The standard InChI is InChI=1S/C6H4N4S/c1-10-6(8-4-11)5(2-7)3-9-10/h3H,1H3. The number of hydrogen-bond acceptors (Lipinski definition) is 4. The predicted octanol–water partition coefficient (Wildman–Crippen LogP) is 1.03. The highest BCUT2D eigenvalue weighted by atomic mass is 32.1. The molecule has 0 aromatic carbocycles. The average Bonchev–Trinajstić information content (AvgIpc) is 2.34. The van der Waals surface area contributed by atoms with Gasteiger partial charge in [-0.15, -0.1) is 0 Å². The Morgan fingerprint density at radius 3 is 3.09 bits per heavy atom. The largest absolute Gasteiger partial charge is 0.249 e. The molecular weight excluding hydrogens is 160 g/mol. The van der Waals surface area contributed by atoms with Gasteiger partial charge >= 0.3 is 0 Å². The van der Waals surface area contributed by atoms with Crippen LogP contribution in [0.3, 0.4) is 0 Å². The lowest BCUT2D eigenvalue weighted by Gasteiger charge is -1.89. The minimum atomic E-state index is 0.407. The molecule has 1 aromatic heterocycles. The molecule has 54 valence electrons. The fraction of sp³-hybridized carbons (Fsp3) is 0.167. The van der Waals surface area contributed by atoms with Crippen molar-refractivity contribution in [2.45, 2.75) is 0 Å². The summed E-state index contributed by atoms with van der Waals surface area (Å²) in [6.45, 7) is 0. The van der Waals surface area contributed by atoms with Gasteiger partial charge in [-0.25, -0.2) is 4.68 Å². The summed E-state index contributed by atoms with van der Waals surface area (Å²) < 4.78 is 1.47. The van der Waals surface area contributed by atoms with Gasteiger partial charge in [0, 0.05) is 7.05 Å². The lowest BCUT2D eigenvalue weighted by molar-refractivity contribution is 0.771. The topological polar surface area (TPSA) is 54.0 Å². The summed E-state index contributed by atoms with van der Waals surface area (Å²) in [5.41, 5.74) is 0.407. The number of nitrogens with zero attached hydrogens (tertiary/aromatic N) is 4.